The molecule has 8 heteroatoms. The van der Waals surface area contributed by atoms with Crippen molar-refractivity contribution in [3.63, 3.8) is 0 Å². The number of fused-ring (bicyclic) bond motifs is 1. The van der Waals surface area contributed by atoms with Gasteiger partial charge >= 0.3 is 18.0 Å². The van der Waals surface area contributed by atoms with Crippen LogP contribution in [0.15, 0.2) is 24.3 Å². The number of carboxylic acids is 1. The summed E-state index contributed by atoms with van der Waals surface area (Å²) in [6.07, 6.45) is 0. The van der Waals surface area contributed by atoms with Gasteiger partial charge in [0, 0.05) is 23.7 Å². The Bertz CT molecular complexity index is 801. The van der Waals surface area contributed by atoms with Crippen LogP contribution in [0.2, 0.25) is 0 Å². The number of benzene rings is 1. The van der Waals surface area contributed by atoms with Crippen molar-refractivity contribution in [1.82, 2.24) is 4.90 Å². The number of nitrogens with one attached hydrogen (secondary N) is 1. The van der Waals surface area contributed by atoms with Gasteiger partial charge in [0.05, 0.1) is 12.5 Å². The second-order valence-electron chi connectivity index (χ2n) is 5.57. The van der Waals surface area contributed by atoms with Crippen molar-refractivity contribution < 1.29 is 24.2 Å². The van der Waals surface area contributed by atoms with E-state index in [1.54, 1.807) is 13.0 Å². The molecule has 2 aromatic rings. The van der Waals surface area contributed by atoms with E-state index in [1.807, 2.05) is 18.2 Å². The zero-order valence-corrected chi connectivity index (χ0v) is 15.1. The lowest BCUT2D eigenvalue weighted by atomic mass is 10.1. The summed E-state index contributed by atoms with van der Waals surface area (Å²) in [6, 6.07) is 6.83. The van der Waals surface area contributed by atoms with Crippen LogP contribution < -0.4 is 5.32 Å². The minimum atomic E-state index is -0.978. The molecule has 0 saturated heterocycles. The van der Waals surface area contributed by atoms with Crippen LogP contribution in [0.3, 0.4) is 0 Å². The summed E-state index contributed by atoms with van der Waals surface area (Å²) >= 11 is 1.27. The van der Waals surface area contributed by atoms with Crippen LogP contribution in [0.25, 0.3) is 10.1 Å². The molecule has 0 saturated carbocycles. The summed E-state index contributed by atoms with van der Waals surface area (Å²) in [4.78, 5) is 36.9. The lowest BCUT2D eigenvalue weighted by Gasteiger charge is -2.19. The number of carbonyl (C=O) groups excluding carboxylic acids is 2. The largest absolute Gasteiger partial charge is 0.481 e. The zero-order chi connectivity index (χ0) is 18.6. The van der Waals surface area contributed by atoms with E-state index in [9.17, 15) is 14.4 Å². The lowest BCUT2D eigenvalue weighted by molar-refractivity contribution is -0.141. The van der Waals surface area contributed by atoms with Crippen LogP contribution in [0.1, 0.15) is 24.2 Å². The molecule has 0 fully saturated rings. The molecule has 2 rings (SSSR count). The minimum absolute atomic E-state index is 0.0564. The molecule has 0 aliphatic heterocycles. The number of ether oxygens (including phenoxy) is 1. The maximum Gasteiger partial charge on any atom is 0.341 e. The number of hydrogen-bond acceptors (Lipinski definition) is 5. The molecule has 0 aliphatic carbocycles. The molecule has 0 aliphatic rings. The highest BCUT2D eigenvalue weighted by Gasteiger charge is 2.23. The highest BCUT2D eigenvalue weighted by atomic mass is 32.1. The van der Waals surface area contributed by atoms with Crippen molar-refractivity contribution in [2.24, 2.45) is 5.92 Å². The van der Waals surface area contributed by atoms with Gasteiger partial charge in [-0.3, -0.25) is 10.1 Å². The van der Waals surface area contributed by atoms with Crippen molar-refractivity contribution >= 4 is 44.4 Å². The van der Waals surface area contributed by atoms with Crippen LogP contribution in [-0.4, -0.2) is 48.2 Å². The van der Waals surface area contributed by atoms with Gasteiger partial charge in [0.15, 0.2) is 0 Å². The van der Waals surface area contributed by atoms with Gasteiger partial charge in [-0.15, -0.1) is 11.3 Å². The third-order valence-corrected chi connectivity index (χ3v) is 4.70. The number of aliphatic carboxylic acids is 1. The Labute approximate surface area is 149 Å². The van der Waals surface area contributed by atoms with E-state index in [-0.39, 0.29) is 13.2 Å². The Morgan fingerprint density at radius 2 is 2.00 bits per heavy atom. The molecule has 2 N–H and O–H groups in total. The van der Waals surface area contributed by atoms with Gasteiger partial charge < -0.3 is 14.7 Å². The molecule has 1 heterocycles. The number of urea groups is 1. The second kappa shape index (κ2) is 7.98. The monoisotopic (exact) mass is 364 g/mol. The first-order valence-corrected chi connectivity index (χ1v) is 8.60. The molecular formula is C17H20N2O5S. The highest BCUT2D eigenvalue weighted by Crippen LogP contribution is 2.36. The van der Waals surface area contributed by atoms with E-state index in [4.69, 9.17) is 9.84 Å². The van der Waals surface area contributed by atoms with Crippen molar-refractivity contribution in [2.45, 2.75) is 13.8 Å². The average molecular weight is 364 g/mol. The van der Waals surface area contributed by atoms with E-state index >= 15 is 0 Å². The molecule has 0 radical (unpaired) electrons. The summed E-state index contributed by atoms with van der Waals surface area (Å²) in [5.41, 5.74) is 0.315. The first-order chi connectivity index (χ1) is 11.8. The number of carbonyl (C=O) groups is 3. The molecule has 134 valence electrons. The zero-order valence-electron chi connectivity index (χ0n) is 14.2. The maximum atomic E-state index is 12.4. The standard InChI is InChI=1S/C17H20N2O5S/c1-4-24-16(22)13-11-7-5-6-8-12(11)25-14(13)18-17(23)19(3)9-10(2)15(20)21/h5-8,10H,4,9H2,1-3H3,(H,18,23)(H,20,21). The van der Waals surface area contributed by atoms with Crippen molar-refractivity contribution in [2.75, 3.05) is 25.5 Å². The molecule has 0 spiro atoms. The third kappa shape index (κ3) is 4.27. The summed E-state index contributed by atoms with van der Waals surface area (Å²) in [6.45, 7) is 3.52. The molecule has 1 aromatic carbocycles. The molecular weight excluding hydrogens is 344 g/mol. The topological polar surface area (TPSA) is 95.9 Å². The van der Waals surface area contributed by atoms with Crippen LogP contribution in [0.4, 0.5) is 9.80 Å². The first-order valence-electron chi connectivity index (χ1n) is 7.78. The molecule has 0 bridgehead atoms. The van der Waals surface area contributed by atoms with Gasteiger partial charge in [-0.05, 0) is 13.0 Å². The van der Waals surface area contributed by atoms with Gasteiger partial charge in [0.2, 0.25) is 0 Å². The Hall–Kier alpha value is -2.61. The normalized spacial score (nSPS) is 11.8. The average Bonchev–Trinajstić information content (AvgIpc) is 2.92. The number of carboxylic acid groups (broad SMARTS) is 1. The Kier molecular flexibility index (Phi) is 5.97. The summed E-state index contributed by atoms with van der Waals surface area (Å²) in [5.74, 6) is -2.17. The fourth-order valence-electron chi connectivity index (χ4n) is 2.30. The highest BCUT2D eigenvalue weighted by molar-refractivity contribution is 7.23. The summed E-state index contributed by atoms with van der Waals surface area (Å²) in [5, 5.41) is 12.8. The number of esters is 1. The summed E-state index contributed by atoms with van der Waals surface area (Å²) < 4.78 is 5.95. The number of anilines is 1. The van der Waals surface area contributed by atoms with Gasteiger partial charge in [0.1, 0.15) is 10.6 Å². The van der Waals surface area contributed by atoms with Crippen LogP contribution in [0.5, 0.6) is 0 Å². The predicted molar refractivity (Wildman–Crippen MR) is 96.2 cm³/mol. The van der Waals surface area contributed by atoms with E-state index < -0.39 is 23.9 Å². The predicted octanol–water partition coefficient (Wildman–Crippen LogP) is 3.26. The third-order valence-electron chi connectivity index (χ3n) is 3.61. The number of nitrogens with zero attached hydrogens (tertiary/aromatic N) is 1. The van der Waals surface area contributed by atoms with E-state index in [1.165, 1.54) is 30.2 Å². The van der Waals surface area contributed by atoms with E-state index in [0.717, 1.165) is 4.70 Å². The van der Waals surface area contributed by atoms with Gasteiger partial charge in [-0.25, -0.2) is 9.59 Å². The minimum Gasteiger partial charge on any atom is -0.481 e. The Morgan fingerprint density at radius 1 is 1.32 bits per heavy atom. The second-order valence-corrected chi connectivity index (χ2v) is 6.62. The molecule has 25 heavy (non-hydrogen) atoms. The molecule has 2 amide bonds. The Balaban J connectivity index is 2.28. The molecule has 1 aromatic heterocycles. The number of rotatable bonds is 6. The van der Waals surface area contributed by atoms with Gasteiger partial charge in [-0.2, -0.15) is 0 Å². The van der Waals surface area contributed by atoms with Crippen LogP contribution >= 0.6 is 11.3 Å². The van der Waals surface area contributed by atoms with Crippen molar-refractivity contribution in [1.29, 1.82) is 0 Å². The van der Waals surface area contributed by atoms with Crippen LogP contribution in [-0.2, 0) is 9.53 Å². The van der Waals surface area contributed by atoms with Gasteiger partial charge in [0.25, 0.3) is 0 Å². The van der Waals surface area contributed by atoms with Crippen molar-refractivity contribution in [3.8, 4) is 0 Å². The fraction of sp³-hybridized carbons (Fsp3) is 0.353. The number of hydrogen-bond donors (Lipinski definition) is 2. The van der Waals surface area contributed by atoms with Crippen LogP contribution in [0, 0.1) is 5.92 Å². The number of amides is 2. The summed E-state index contributed by atoms with van der Waals surface area (Å²) in [7, 11) is 1.51. The Morgan fingerprint density at radius 3 is 2.64 bits per heavy atom. The molecule has 1 unspecified atom stereocenters. The quantitative estimate of drug-likeness (QED) is 0.767. The maximum absolute atomic E-state index is 12.4. The van der Waals surface area contributed by atoms with Crippen molar-refractivity contribution in [3.05, 3.63) is 29.8 Å². The smallest absolute Gasteiger partial charge is 0.341 e. The SMILES string of the molecule is CCOC(=O)c1c(NC(=O)N(C)CC(C)C(=O)O)sc2ccccc12. The fourth-order valence-corrected chi connectivity index (χ4v) is 3.38. The first kappa shape index (κ1) is 18.7. The van der Waals surface area contributed by atoms with Gasteiger partial charge in [-0.1, -0.05) is 25.1 Å². The molecule has 1 atom stereocenters. The van der Waals surface area contributed by atoms with E-state index in [0.29, 0.717) is 16.0 Å². The molecule has 7 nitrogen and oxygen atoms in total. The lowest BCUT2D eigenvalue weighted by Crippen LogP contribution is -2.36. The van der Waals surface area contributed by atoms with E-state index in [2.05, 4.69) is 5.32 Å². The number of thiophene rings is 1.